The molecule has 1 aromatic heterocycles. The summed E-state index contributed by atoms with van der Waals surface area (Å²) in [6.45, 7) is 4.20. The first-order valence-electron chi connectivity index (χ1n) is 8.85. The molecule has 3 rings (SSSR count). The van der Waals surface area contributed by atoms with Crippen molar-refractivity contribution in [1.29, 1.82) is 0 Å². The molecule has 1 N–H and O–H groups in total. The van der Waals surface area contributed by atoms with E-state index >= 15 is 0 Å². The molecule has 0 aliphatic rings. The Balaban J connectivity index is 1.97. The number of hydrogen-bond donors (Lipinski definition) is 1. The van der Waals surface area contributed by atoms with Gasteiger partial charge in [0.1, 0.15) is 0 Å². The van der Waals surface area contributed by atoms with E-state index in [0.29, 0.717) is 16.7 Å². The van der Waals surface area contributed by atoms with Crippen LogP contribution in [0.4, 0.5) is 0 Å². The van der Waals surface area contributed by atoms with Crippen LogP contribution in [0.15, 0.2) is 64.5 Å². The van der Waals surface area contributed by atoms with E-state index in [1.807, 2.05) is 30.3 Å². The second kappa shape index (κ2) is 7.95. The molecule has 27 heavy (non-hydrogen) atoms. The first kappa shape index (κ1) is 18.5. The zero-order valence-corrected chi connectivity index (χ0v) is 15.6. The molecule has 3 aromatic rings. The van der Waals surface area contributed by atoms with Crippen molar-refractivity contribution in [2.24, 2.45) is 18.1 Å². The number of aromatic nitrogens is 2. The molecule has 0 saturated carbocycles. The molecule has 2 aromatic carbocycles. The predicted molar refractivity (Wildman–Crippen MR) is 107 cm³/mol. The van der Waals surface area contributed by atoms with E-state index in [1.54, 1.807) is 24.3 Å². The standard InChI is InChI=1S/C21H22N4O2/c1-14(2)13-18(15-9-5-4-6-10-15)22-23-20(26)19-16-11-7-8-12-17(16)21(27)25(3)24-19/h4-12,14H,13H2,1-3H3,(H,23,26)/b22-18-. The lowest BCUT2D eigenvalue weighted by Crippen LogP contribution is -2.28. The third kappa shape index (κ3) is 4.11. The van der Waals surface area contributed by atoms with Crippen molar-refractivity contribution < 1.29 is 4.79 Å². The number of nitrogens with one attached hydrogen (secondary N) is 1. The summed E-state index contributed by atoms with van der Waals surface area (Å²) in [6.07, 6.45) is 0.728. The van der Waals surface area contributed by atoms with E-state index in [2.05, 4.69) is 29.5 Å². The van der Waals surface area contributed by atoms with Gasteiger partial charge in [-0.05, 0) is 24.0 Å². The van der Waals surface area contributed by atoms with Crippen LogP contribution in [-0.2, 0) is 7.05 Å². The number of hydrogen-bond acceptors (Lipinski definition) is 4. The zero-order valence-electron chi connectivity index (χ0n) is 15.6. The summed E-state index contributed by atoms with van der Waals surface area (Å²) < 4.78 is 1.17. The maximum Gasteiger partial charge on any atom is 0.292 e. The second-order valence-electron chi connectivity index (χ2n) is 6.79. The molecule has 6 nitrogen and oxygen atoms in total. The number of nitrogens with zero attached hydrogens (tertiary/aromatic N) is 3. The van der Waals surface area contributed by atoms with Crippen LogP contribution in [0, 0.1) is 5.92 Å². The number of hydrazone groups is 1. The van der Waals surface area contributed by atoms with Crippen molar-refractivity contribution in [2.45, 2.75) is 20.3 Å². The van der Waals surface area contributed by atoms with Gasteiger partial charge in [0, 0.05) is 12.4 Å². The van der Waals surface area contributed by atoms with E-state index in [0.717, 1.165) is 17.7 Å². The summed E-state index contributed by atoms with van der Waals surface area (Å²) in [7, 11) is 1.53. The van der Waals surface area contributed by atoms with Gasteiger partial charge >= 0.3 is 0 Å². The van der Waals surface area contributed by atoms with Crippen molar-refractivity contribution >= 4 is 22.4 Å². The first-order valence-corrected chi connectivity index (χ1v) is 8.85. The van der Waals surface area contributed by atoms with Crippen molar-refractivity contribution in [3.63, 3.8) is 0 Å². The van der Waals surface area contributed by atoms with Crippen LogP contribution >= 0.6 is 0 Å². The van der Waals surface area contributed by atoms with Gasteiger partial charge in [-0.25, -0.2) is 10.1 Å². The van der Waals surface area contributed by atoms with Gasteiger partial charge < -0.3 is 0 Å². The van der Waals surface area contributed by atoms with Crippen LogP contribution in [0.1, 0.15) is 36.3 Å². The van der Waals surface area contributed by atoms with Crippen LogP contribution in [0.3, 0.4) is 0 Å². The molecule has 138 valence electrons. The van der Waals surface area contributed by atoms with Gasteiger partial charge in [0.2, 0.25) is 0 Å². The fourth-order valence-corrected chi connectivity index (χ4v) is 2.88. The van der Waals surface area contributed by atoms with Crippen LogP contribution in [0.5, 0.6) is 0 Å². The number of fused-ring (bicyclic) bond motifs is 1. The molecule has 0 bridgehead atoms. The summed E-state index contributed by atoms with van der Waals surface area (Å²) in [5.74, 6) is -0.0589. The fourth-order valence-electron chi connectivity index (χ4n) is 2.88. The molecular formula is C21H22N4O2. The third-order valence-electron chi connectivity index (χ3n) is 4.17. The summed E-state index contributed by atoms with van der Waals surface area (Å²) in [5.41, 5.74) is 4.31. The van der Waals surface area contributed by atoms with E-state index in [-0.39, 0.29) is 11.3 Å². The van der Waals surface area contributed by atoms with Gasteiger partial charge in [-0.15, -0.1) is 0 Å². The minimum atomic E-state index is -0.445. The number of benzene rings is 2. The van der Waals surface area contributed by atoms with Gasteiger partial charge in [-0.3, -0.25) is 9.59 Å². The van der Waals surface area contributed by atoms with Gasteiger partial charge in [0.25, 0.3) is 11.5 Å². The maximum absolute atomic E-state index is 12.7. The Labute approximate surface area is 157 Å². The van der Waals surface area contributed by atoms with Gasteiger partial charge in [0.15, 0.2) is 5.69 Å². The van der Waals surface area contributed by atoms with Crippen molar-refractivity contribution in [2.75, 3.05) is 0 Å². The van der Waals surface area contributed by atoms with Crippen molar-refractivity contribution in [1.82, 2.24) is 15.2 Å². The van der Waals surface area contributed by atoms with Gasteiger partial charge in [0.05, 0.1) is 11.1 Å². The van der Waals surface area contributed by atoms with Gasteiger partial charge in [-0.1, -0.05) is 62.4 Å². The Hall–Kier alpha value is -3.28. The summed E-state index contributed by atoms with van der Waals surface area (Å²) in [5, 5.41) is 9.46. The summed E-state index contributed by atoms with van der Waals surface area (Å²) in [6, 6.07) is 16.7. The molecule has 0 atom stereocenters. The predicted octanol–water partition coefficient (Wildman–Crippen LogP) is 3.11. The Bertz CT molecular complexity index is 1050. The highest BCUT2D eigenvalue weighted by molar-refractivity contribution is 6.06. The molecule has 0 spiro atoms. The van der Waals surface area contributed by atoms with Crippen LogP contribution in [-0.4, -0.2) is 21.4 Å². The summed E-state index contributed by atoms with van der Waals surface area (Å²) >= 11 is 0. The highest BCUT2D eigenvalue weighted by Gasteiger charge is 2.16. The molecular weight excluding hydrogens is 340 g/mol. The lowest BCUT2D eigenvalue weighted by Gasteiger charge is -2.11. The molecule has 0 aliphatic heterocycles. The monoisotopic (exact) mass is 362 g/mol. The largest absolute Gasteiger partial charge is 0.292 e. The lowest BCUT2D eigenvalue weighted by atomic mass is 10.0. The molecule has 0 radical (unpaired) electrons. The van der Waals surface area contributed by atoms with Gasteiger partial charge in [-0.2, -0.15) is 10.2 Å². The Morgan fingerprint density at radius 2 is 1.70 bits per heavy atom. The normalized spacial score (nSPS) is 11.8. The van der Waals surface area contributed by atoms with Crippen LogP contribution < -0.4 is 11.0 Å². The average molecular weight is 362 g/mol. The number of carbonyl (C=O) groups excluding carboxylic acids is 1. The van der Waals surface area contributed by atoms with E-state index < -0.39 is 5.91 Å². The maximum atomic E-state index is 12.7. The molecule has 0 fully saturated rings. The quantitative estimate of drug-likeness (QED) is 0.560. The Morgan fingerprint density at radius 1 is 1.07 bits per heavy atom. The number of rotatable bonds is 5. The van der Waals surface area contributed by atoms with Crippen molar-refractivity contribution in [3.05, 3.63) is 76.2 Å². The zero-order chi connectivity index (χ0) is 19.4. The molecule has 0 aliphatic carbocycles. The molecule has 1 heterocycles. The lowest BCUT2D eigenvalue weighted by molar-refractivity contribution is 0.0949. The highest BCUT2D eigenvalue weighted by atomic mass is 16.2. The molecule has 6 heteroatoms. The second-order valence-corrected chi connectivity index (χ2v) is 6.79. The Kier molecular flexibility index (Phi) is 5.45. The van der Waals surface area contributed by atoms with E-state index in [4.69, 9.17) is 0 Å². The van der Waals surface area contributed by atoms with Crippen LogP contribution in [0.25, 0.3) is 10.8 Å². The Morgan fingerprint density at radius 3 is 2.37 bits per heavy atom. The van der Waals surface area contributed by atoms with Crippen molar-refractivity contribution in [3.8, 4) is 0 Å². The first-order chi connectivity index (χ1) is 13.0. The molecule has 0 unspecified atom stereocenters. The minimum absolute atomic E-state index is 0.174. The van der Waals surface area contributed by atoms with E-state index in [1.165, 1.54) is 11.7 Å². The number of aryl methyl sites for hydroxylation is 1. The minimum Gasteiger partial charge on any atom is -0.267 e. The number of amides is 1. The molecule has 0 saturated heterocycles. The number of carbonyl (C=O) groups is 1. The molecule has 1 amide bonds. The van der Waals surface area contributed by atoms with E-state index in [9.17, 15) is 9.59 Å². The topological polar surface area (TPSA) is 76.3 Å². The van der Waals surface area contributed by atoms with Crippen LogP contribution in [0.2, 0.25) is 0 Å². The fraction of sp³-hybridized carbons (Fsp3) is 0.238. The third-order valence-corrected chi connectivity index (χ3v) is 4.17. The SMILES string of the molecule is CC(C)C/C(=N/NC(=O)c1nn(C)c(=O)c2ccccc12)c1ccccc1. The smallest absolute Gasteiger partial charge is 0.267 e. The summed E-state index contributed by atoms with van der Waals surface area (Å²) in [4.78, 5) is 25.0. The average Bonchev–Trinajstić information content (AvgIpc) is 2.68. The highest BCUT2D eigenvalue weighted by Crippen LogP contribution is 2.14.